The van der Waals surface area contributed by atoms with E-state index in [2.05, 4.69) is 22.6 Å². The first-order chi connectivity index (χ1) is 5.15. The summed E-state index contributed by atoms with van der Waals surface area (Å²) in [6, 6.07) is 3.50. The molecule has 52 valence electrons. The first kappa shape index (κ1) is 8.97. The van der Waals surface area contributed by atoms with Crippen LogP contribution in [0.4, 0.5) is 0 Å². The van der Waals surface area contributed by atoms with Gasteiger partial charge in [-0.15, -0.1) is 0 Å². The largest absolute Gasteiger partial charge is 0.496 e. The highest BCUT2D eigenvalue weighted by Gasteiger charge is 2.02. The third kappa shape index (κ3) is 1.92. The summed E-state index contributed by atoms with van der Waals surface area (Å²) in [4.78, 5) is 0. The van der Waals surface area contributed by atoms with Crippen LogP contribution in [0.15, 0.2) is 12.1 Å². The molecule has 11 heavy (non-hydrogen) atoms. The molecule has 0 amide bonds. The molecule has 0 bridgehead atoms. The van der Waals surface area contributed by atoms with Crippen molar-refractivity contribution in [3.05, 3.63) is 15.7 Å². The van der Waals surface area contributed by atoms with Crippen molar-refractivity contribution in [2.75, 3.05) is 7.11 Å². The second-order valence-corrected chi connectivity index (χ2v) is 3.29. The fourth-order valence-electron chi connectivity index (χ4n) is 0.852. The summed E-state index contributed by atoms with van der Waals surface area (Å²) in [6.07, 6.45) is 0. The van der Waals surface area contributed by atoms with Crippen LogP contribution in [0.1, 0.15) is 0 Å². The Hall–Kier alpha value is -0.120. The second kappa shape index (κ2) is 3.52. The lowest BCUT2D eigenvalue weighted by atomic mass is 9.87. The maximum atomic E-state index is 5.62. The molecule has 0 aliphatic carbocycles. The second-order valence-electron chi connectivity index (χ2n) is 2.13. The van der Waals surface area contributed by atoms with Crippen molar-refractivity contribution >= 4 is 49.2 Å². The Kier molecular flexibility index (Phi) is 2.87. The van der Waals surface area contributed by atoms with Gasteiger partial charge >= 0.3 is 0 Å². The predicted molar refractivity (Wildman–Crippen MR) is 56.5 cm³/mol. The lowest BCUT2D eigenvalue weighted by Crippen LogP contribution is -2.17. The lowest BCUT2D eigenvalue weighted by Gasteiger charge is -2.08. The van der Waals surface area contributed by atoms with Gasteiger partial charge in [-0.25, -0.2) is 0 Å². The van der Waals surface area contributed by atoms with Gasteiger partial charge in [0, 0.05) is 0 Å². The van der Waals surface area contributed by atoms with Crippen LogP contribution in [-0.2, 0) is 0 Å². The van der Waals surface area contributed by atoms with Gasteiger partial charge in [-0.05, 0) is 22.6 Å². The van der Waals surface area contributed by atoms with Gasteiger partial charge in [-0.3, -0.25) is 0 Å². The predicted octanol–water partition coefficient (Wildman–Crippen LogP) is -0.113. The molecule has 1 aromatic carbocycles. The molecular formula is C7H5B2IO. The normalized spacial score (nSPS) is 9.64. The van der Waals surface area contributed by atoms with Crippen molar-refractivity contribution in [2.24, 2.45) is 0 Å². The zero-order valence-corrected chi connectivity index (χ0v) is 8.25. The van der Waals surface area contributed by atoms with Crippen LogP contribution in [0.5, 0.6) is 5.75 Å². The molecule has 0 saturated heterocycles. The Morgan fingerprint density at radius 2 is 2.00 bits per heavy atom. The average molecular weight is 254 g/mol. The maximum absolute atomic E-state index is 5.62. The van der Waals surface area contributed by atoms with Gasteiger partial charge in [0.2, 0.25) is 0 Å². The summed E-state index contributed by atoms with van der Waals surface area (Å²) in [5.41, 5.74) is 1.24. The van der Waals surface area contributed by atoms with Gasteiger partial charge < -0.3 is 4.74 Å². The smallest absolute Gasteiger partial charge is 0.125 e. The summed E-state index contributed by atoms with van der Waals surface area (Å²) < 4.78 is 5.98. The van der Waals surface area contributed by atoms with Crippen LogP contribution >= 0.6 is 22.6 Å². The molecule has 0 spiro atoms. The number of hydrogen-bond acceptors (Lipinski definition) is 1. The standard InChI is InChI=1S/C7H5B2IO/c1-11-7-5(9)2-4(8)3-6(7)10/h2-3H,1H3. The Bertz CT molecular complexity index is 252. The number of methoxy groups -OCH3 is 1. The van der Waals surface area contributed by atoms with E-state index in [-0.39, 0.29) is 0 Å². The van der Waals surface area contributed by atoms with Crippen molar-refractivity contribution < 1.29 is 4.74 Å². The van der Waals surface area contributed by atoms with Crippen LogP contribution in [0.2, 0.25) is 0 Å². The van der Waals surface area contributed by atoms with Gasteiger partial charge in [0.1, 0.15) is 21.4 Å². The lowest BCUT2D eigenvalue weighted by molar-refractivity contribution is 0.415. The van der Waals surface area contributed by atoms with Crippen molar-refractivity contribution in [3.63, 3.8) is 0 Å². The van der Waals surface area contributed by atoms with Crippen LogP contribution < -0.4 is 15.7 Å². The van der Waals surface area contributed by atoms with Gasteiger partial charge in [-0.2, -0.15) is 0 Å². The molecule has 1 rings (SSSR count). The number of rotatable bonds is 1. The molecule has 0 fully saturated rings. The van der Waals surface area contributed by atoms with Crippen molar-refractivity contribution in [3.8, 4) is 5.75 Å². The molecule has 1 nitrogen and oxygen atoms in total. The minimum Gasteiger partial charge on any atom is -0.496 e. The summed E-state index contributed by atoms with van der Waals surface area (Å²) >= 11 is 2.13. The van der Waals surface area contributed by atoms with E-state index in [4.69, 9.17) is 20.4 Å². The molecule has 4 radical (unpaired) electrons. The molecule has 4 heteroatoms. The van der Waals surface area contributed by atoms with E-state index in [1.165, 1.54) is 0 Å². The molecule has 0 heterocycles. The Labute approximate surface area is 82.5 Å². The molecule has 1 aromatic rings. The average Bonchev–Trinajstić information content (AvgIpc) is 1.85. The van der Waals surface area contributed by atoms with Gasteiger partial charge in [0.25, 0.3) is 0 Å². The minimum absolute atomic E-state index is 0.580. The molecule has 0 aliphatic rings. The third-order valence-electron chi connectivity index (χ3n) is 1.30. The summed E-state index contributed by atoms with van der Waals surface area (Å²) in [5.74, 6) is 0.694. The van der Waals surface area contributed by atoms with E-state index in [0.717, 1.165) is 3.57 Å². The van der Waals surface area contributed by atoms with E-state index in [0.29, 0.717) is 16.7 Å². The quantitative estimate of drug-likeness (QED) is 0.501. The highest BCUT2D eigenvalue weighted by Crippen LogP contribution is 2.14. The monoisotopic (exact) mass is 254 g/mol. The van der Waals surface area contributed by atoms with Crippen LogP contribution in [0.25, 0.3) is 0 Å². The molecule has 0 N–H and O–H groups in total. The van der Waals surface area contributed by atoms with E-state index in [9.17, 15) is 0 Å². The summed E-state index contributed by atoms with van der Waals surface area (Å²) in [5, 5.41) is 0. The number of ether oxygens (including phenoxy) is 1. The van der Waals surface area contributed by atoms with E-state index < -0.39 is 0 Å². The van der Waals surface area contributed by atoms with Crippen molar-refractivity contribution in [1.82, 2.24) is 0 Å². The van der Waals surface area contributed by atoms with Crippen molar-refractivity contribution in [1.29, 1.82) is 0 Å². The minimum atomic E-state index is 0.580. The zero-order valence-electron chi connectivity index (χ0n) is 6.10. The Balaban J connectivity index is 3.25. The fraction of sp³-hybridized carbons (Fsp3) is 0.143. The molecule has 0 aromatic heterocycles. The molecular weight excluding hydrogens is 249 g/mol. The van der Waals surface area contributed by atoms with E-state index in [1.54, 1.807) is 13.2 Å². The SMILES string of the molecule is [B]c1cc([B])c(OC)c(I)c1. The molecule has 0 aliphatic heterocycles. The molecule has 0 unspecified atom stereocenters. The number of halogens is 1. The molecule has 0 saturated carbocycles. The zero-order chi connectivity index (χ0) is 8.43. The van der Waals surface area contributed by atoms with Crippen LogP contribution in [0, 0.1) is 3.57 Å². The van der Waals surface area contributed by atoms with Gasteiger partial charge in [0.15, 0.2) is 0 Å². The van der Waals surface area contributed by atoms with Crippen LogP contribution in [0.3, 0.4) is 0 Å². The number of benzene rings is 1. The van der Waals surface area contributed by atoms with Crippen molar-refractivity contribution in [2.45, 2.75) is 0 Å². The Morgan fingerprint density at radius 3 is 2.45 bits per heavy atom. The highest BCUT2D eigenvalue weighted by atomic mass is 127. The first-order valence-corrected chi connectivity index (χ1v) is 4.11. The highest BCUT2D eigenvalue weighted by molar-refractivity contribution is 14.1. The van der Waals surface area contributed by atoms with Crippen LogP contribution in [-0.4, -0.2) is 22.8 Å². The maximum Gasteiger partial charge on any atom is 0.125 e. The van der Waals surface area contributed by atoms with Gasteiger partial charge in [-0.1, -0.05) is 23.1 Å². The fourth-order valence-corrected chi connectivity index (χ4v) is 1.74. The summed E-state index contributed by atoms with van der Waals surface area (Å²) in [7, 11) is 12.8. The third-order valence-corrected chi connectivity index (χ3v) is 2.10. The summed E-state index contributed by atoms with van der Waals surface area (Å²) in [6.45, 7) is 0. The molecule has 0 atom stereocenters. The van der Waals surface area contributed by atoms with E-state index in [1.807, 2.05) is 6.07 Å². The van der Waals surface area contributed by atoms with E-state index >= 15 is 0 Å². The number of hydrogen-bond donors (Lipinski definition) is 0. The van der Waals surface area contributed by atoms with Gasteiger partial charge in [0.05, 0.1) is 10.7 Å². The Morgan fingerprint density at radius 1 is 1.36 bits per heavy atom. The first-order valence-electron chi connectivity index (χ1n) is 3.03. The topological polar surface area (TPSA) is 9.23 Å².